The summed E-state index contributed by atoms with van der Waals surface area (Å²) >= 11 is 0. The zero-order valence-corrected chi connectivity index (χ0v) is 26.7. The van der Waals surface area contributed by atoms with E-state index in [2.05, 4.69) is 175 Å². The number of pyridine rings is 2. The molecule has 9 aromatic rings. The van der Waals surface area contributed by atoms with Crippen LogP contribution < -0.4 is 0 Å². The van der Waals surface area contributed by atoms with Gasteiger partial charge < -0.3 is 0 Å². The van der Waals surface area contributed by atoms with Gasteiger partial charge in [0.1, 0.15) is 0 Å². The summed E-state index contributed by atoms with van der Waals surface area (Å²) in [6, 6.07) is 63.9. The molecule has 0 radical (unpaired) electrons. The van der Waals surface area contributed by atoms with Gasteiger partial charge in [-0.3, -0.25) is 4.98 Å². The molecule has 10 rings (SSSR count). The van der Waals surface area contributed by atoms with Crippen LogP contribution >= 0.6 is 0 Å². The van der Waals surface area contributed by atoms with Gasteiger partial charge in [0.05, 0.1) is 22.1 Å². The first-order chi connectivity index (χ1) is 24.3. The van der Waals surface area contributed by atoms with Gasteiger partial charge in [0.25, 0.3) is 0 Å². The predicted molar refractivity (Wildman–Crippen MR) is 203 cm³/mol. The van der Waals surface area contributed by atoms with Crippen molar-refractivity contribution in [1.29, 1.82) is 0 Å². The Kier molecular flexibility index (Phi) is 6.13. The average molecular weight is 623 g/mol. The van der Waals surface area contributed by atoms with Gasteiger partial charge in [0.2, 0.25) is 0 Å². The molecule has 7 aromatic carbocycles. The minimum atomic E-state index is -0.476. The summed E-state index contributed by atoms with van der Waals surface area (Å²) < 4.78 is 0. The summed E-state index contributed by atoms with van der Waals surface area (Å²) in [5.41, 5.74) is 13.6. The van der Waals surface area contributed by atoms with Gasteiger partial charge in [-0.25, -0.2) is 4.98 Å². The normalized spacial score (nSPS) is 13.1. The van der Waals surface area contributed by atoms with E-state index in [1.54, 1.807) is 0 Å². The number of benzene rings is 7. The van der Waals surface area contributed by atoms with Crippen LogP contribution in [-0.2, 0) is 5.41 Å². The van der Waals surface area contributed by atoms with E-state index < -0.39 is 5.41 Å². The van der Waals surface area contributed by atoms with E-state index in [0.717, 1.165) is 33.1 Å². The Bertz CT molecular complexity index is 2660. The molecule has 2 aromatic heterocycles. The SMILES string of the molecule is c1ccc(C2(c3ccccc3)c3ccccc3-c3c(-c4ccc(-c5ccc6ccc7cccnc7c6n5)cc4)cc4ccccc4c32)cc1. The van der Waals surface area contributed by atoms with E-state index >= 15 is 0 Å². The fourth-order valence-electron chi connectivity index (χ4n) is 8.25. The van der Waals surface area contributed by atoms with Crippen LogP contribution in [-0.4, -0.2) is 9.97 Å². The lowest BCUT2D eigenvalue weighted by atomic mass is 9.66. The second-order valence-electron chi connectivity index (χ2n) is 12.9. The molecule has 2 heteroatoms. The molecule has 0 fully saturated rings. The Balaban J connectivity index is 1.22. The second kappa shape index (κ2) is 10.8. The average Bonchev–Trinajstić information content (AvgIpc) is 3.50. The predicted octanol–water partition coefficient (Wildman–Crippen LogP) is 11.6. The lowest BCUT2D eigenvalue weighted by molar-refractivity contribution is 0.775. The lowest BCUT2D eigenvalue weighted by Gasteiger charge is -2.35. The maximum absolute atomic E-state index is 5.13. The molecular weight excluding hydrogens is 593 g/mol. The standard InChI is InChI=1S/C47H30N2/c1-3-14-36(15-4-1)47(37-16-5-2-6-17-37)41-20-10-9-19-39(41)43-40(30-35-12-7-8-18-38(35)44(43)47)31-21-23-32(24-22-31)42-28-27-34-26-25-33-13-11-29-48-45(33)46(34)49-42/h1-30H. The van der Waals surface area contributed by atoms with Crippen LogP contribution in [0.2, 0.25) is 0 Å². The number of hydrogen-bond donors (Lipinski definition) is 0. The Morgan fingerprint density at radius 1 is 0.429 bits per heavy atom. The largest absolute Gasteiger partial charge is 0.254 e. The van der Waals surface area contributed by atoms with E-state index in [1.165, 1.54) is 55.3 Å². The molecule has 0 bridgehead atoms. The number of rotatable bonds is 4. The Morgan fingerprint density at radius 2 is 1.04 bits per heavy atom. The maximum Gasteiger partial charge on any atom is 0.0972 e. The molecule has 0 saturated carbocycles. The van der Waals surface area contributed by atoms with E-state index in [1.807, 2.05) is 12.3 Å². The first-order valence-electron chi connectivity index (χ1n) is 16.8. The Labute approximate surface area is 285 Å². The van der Waals surface area contributed by atoms with Crippen molar-refractivity contribution in [3.8, 4) is 33.5 Å². The van der Waals surface area contributed by atoms with Gasteiger partial charge in [0.15, 0.2) is 0 Å². The lowest BCUT2D eigenvalue weighted by Crippen LogP contribution is -2.28. The van der Waals surface area contributed by atoms with Crippen LogP contribution in [0.4, 0.5) is 0 Å². The van der Waals surface area contributed by atoms with Crippen molar-refractivity contribution in [1.82, 2.24) is 9.97 Å². The highest BCUT2D eigenvalue weighted by molar-refractivity contribution is 6.07. The molecule has 0 unspecified atom stereocenters. The quantitative estimate of drug-likeness (QED) is 0.183. The van der Waals surface area contributed by atoms with Gasteiger partial charge in [-0.15, -0.1) is 0 Å². The molecule has 49 heavy (non-hydrogen) atoms. The molecule has 0 saturated heterocycles. The zero-order valence-electron chi connectivity index (χ0n) is 26.7. The van der Waals surface area contributed by atoms with Gasteiger partial charge in [-0.1, -0.05) is 158 Å². The van der Waals surface area contributed by atoms with E-state index in [9.17, 15) is 0 Å². The van der Waals surface area contributed by atoms with E-state index in [0.29, 0.717) is 0 Å². The summed E-state index contributed by atoms with van der Waals surface area (Å²) in [6.07, 6.45) is 1.84. The topological polar surface area (TPSA) is 25.8 Å². The molecule has 0 N–H and O–H groups in total. The molecule has 0 spiro atoms. The third kappa shape index (κ3) is 4.07. The summed E-state index contributed by atoms with van der Waals surface area (Å²) in [7, 11) is 0. The van der Waals surface area contributed by atoms with Gasteiger partial charge in [0, 0.05) is 22.5 Å². The molecule has 0 amide bonds. The maximum atomic E-state index is 5.13. The van der Waals surface area contributed by atoms with Crippen molar-refractivity contribution in [3.05, 3.63) is 204 Å². The minimum absolute atomic E-state index is 0.476. The van der Waals surface area contributed by atoms with E-state index in [-0.39, 0.29) is 0 Å². The van der Waals surface area contributed by atoms with Crippen molar-refractivity contribution < 1.29 is 0 Å². The molecule has 2 heterocycles. The van der Waals surface area contributed by atoms with Crippen molar-refractivity contribution in [2.45, 2.75) is 5.41 Å². The fourth-order valence-corrected chi connectivity index (χ4v) is 8.25. The van der Waals surface area contributed by atoms with E-state index in [4.69, 9.17) is 4.98 Å². The third-order valence-corrected chi connectivity index (χ3v) is 10.4. The molecule has 0 aliphatic heterocycles. The highest BCUT2D eigenvalue weighted by Gasteiger charge is 2.48. The van der Waals surface area contributed by atoms with Crippen LogP contribution in [0.25, 0.3) is 66.1 Å². The molecule has 228 valence electrons. The number of fused-ring (bicyclic) bond motifs is 8. The molecule has 1 aliphatic carbocycles. The molecule has 2 nitrogen and oxygen atoms in total. The highest BCUT2D eigenvalue weighted by Crippen LogP contribution is 2.60. The number of nitrogens with zero attached hydrogens (tertiary/aromatic N) is 2. The molecule has 0 atom stereocenters. The first kappa shape index (κ1) is 27.7. The molecular formula is C47H30N2. The van der Waals surface area contributed by atoms with Crippen molar-refractivity contribution in [2.24, 2.45) is 0 Å². The Morgan fingerprint density at radius 3 is 1.82 bits per heavy atom. The second-order valence-corrected chi connectivity index (χ2v) is 12.9. The van der Waals surface area contributed by atoms with Gasteiger partial charge in [-0.05, 0) is 73.5 Å². The van der Waals surface area contributed by atoms with Crippen LogP contribution in [0.1, 0.15) is 22.3 Å². The summed E-state index contributed by atoms with van der Waals surface area (Å²) in [5.74, 6) is 0. The van der Waals surface area contributed by atoms with Gasteiger partial charge >= 0.3 is 0 Å². The minimum Gasteiger partial charge on any atom is -0.254 e. The summed E-state index contributed by atoms with van der Waals surface area (Å²) in [5, 5.41) is 4.71. The summed E-state index contributed by atoms with van der Waals surface area (Å²) in [6.45, 7) is 0. The van der Waals surface area contributed by atoms with Crippen molar-refractivity contribution in [3.63, 3.8) is 0 Å². The van der Waals surface area contributed by atoms with Crippen LogP contribution in [0.3, 0.4) is 0 Å². The van der Waals surface area contributed by atoms with Crippen LogP contribution in [0, 0.1) is 0 Å². The first-order valence-corrected chi connectivity index (χ1v) is 16.8. The monoisotopic (exact) mass is 622 g/mol. The smallest absolute Gasteiger partial charge is 0.0972 e. The fraction of sp³-hybridized carbons (Fsp3) is 0.0213. The van der Waals surface area contributed by atoms with Crippen LogP contribution in [0.5, 0.6) is 0 Å². The van der Waals surface area contributed by atoms with Crippen molar-refractivity contribution in [2.75, 3.05) is 0 Å². The Hall–Kier alpha value is -6.38. The number of aromatic nitrogens is 2. The zero-order chi connectivity index (χ0) is 32.4. The number of hydrogen-bond acceptors (Lipinski definition) is 2. The molecule has 1 aliphatic rings. The van der Waals surface area contributed by atoms with Crippen LogP contribution in [0.15, 0.2) is 182 Å². The third-order valence-electron chi connectivity index (χ3n) is 10.4. The summed E-state index contributed by atoms with van der Waals surface area (Å²) in [4.78, 5) is 9.80. The van der Waals surface area contributed by atoms with Crippen molar-refractivity contribution >= 4 is 32.6 Å². The van der Waals surface area contributed by atoms with Gasteiger partial charge in [-0.2, -0.15) is 0 Å². The highest BCUT2D eigenvalue weighted by atomic mass is 14.7.